The molecule has 0 atom stereocenters. The van der Waals surface area contributed by atoms with Crippen LogP contribution in [0.3, 0.4) is 0 Å². The summed E-state index contributed by atoms with van der Waals surface area (Å²) < 4.78 is 5.36. The smallest absolute Gasteiger partial charge is 0.272 e. The van der Waals surface area contributed by atoms with Crippen LogP contribution in [0.1, 0.15) is 21.7 Å². The lowest BCUT2D eigenvalue weighted by atomic mass is 10.2. The highest BCUT2D eigenvalue weighted by molar-refractivity contribution is 5.92. The van der Waals surface area contributed by atoms with Gasteiger partial charge in [-0.15, -0.1) is 0 Å². The number of likely N-dealkylation sites (N-methyl/N-ethyl adjacent to an activating group) is 1. The van der Waals surface area contributed by atoms with Crippen molar-refractivity contribution in [3.05, 3.63) is 47.3 Å². The first-order valence-corrected chi connectivity index (χ1v) is 8.76. The number of hydrogen-bond donors (Lipinski definition) is 1. The molecule has 2 aromatic rings. The van der Waals surface area contributed by atoms with Gasteiger partial charge in [-0.05, 0) is 26.1 Å². The van der Waals surface area contributed by atoms with Crippen LogP contribution in [0.4, 0.5) is 5.95 Å². The van der Waals surface area contributed by atoms with Crippen molar-refractivity contribution in [2.75, 3.05) is 45.7 Å². The minimum absolute atomic E-state index is 0.0380. The largest absolute Gasteiger partial charge is 0.496 e. The number of nitrogens with zero attached hydrogens (tertiary/aromatic N) is 4. The number of methoxy groups -OCH3 is 1. The number of piperazine rings is 1. The van der Waals surface area contributed by atoms with Gasteiger partial charge in [-0.3, -0.25) is 4.79 Å². The van der Waals surface area contributed by atoms with Crippen molar-refractivity contribution in [2.45, 2.75) is 13.5 Å². The van der Waals surface area contributed by atoms with E-state index in [1.54, 1.807) is 13.2 Å². The third-order valence-electron chi connectivity index (χ3n) is 4.49. The van der Waals surface area contributed by atoms with Crippen molar-refractivity contribution in [3.63, 3.8) is 0 Å². The van der Waals surface area contributed by atoms with Gasteiger partial charge in [0.2, 0.25) is 5.95 Å². The van der Waals surface area contributed by atoms with Crippen molar-refractivity contribution in [3.8, 4) is 5.75 Å². The molecule has 1 aromatic carbocycles. The van der Waals surface area contributed by atoms with E-state index in [2.05, 4.69) is 27.2 Å². The van der Waals surface area contributed by atoms with E-state index in [1.165, 1.54) is 0 Å². The monoisotopic (exact) mass is 355 g/mol. The molecule has 0 aliphatic carbocycles. The van der Waals surface area contributed by atoms with Gasteiger partial charge in [0.05, 0.1) is 7.11 Å². The van der Waals surface area contributed by atoms with E-state index in [1.807, 2.05) is 36.1 Å². The van der Waals surface area contributed by atoms with Crippen LogP contribution in [-0.4, -0.2) is 66.0 Å². The summed E-state index contributed by atoms with van der Waals surface area (Å²) in [5.41, 5.74) is 2.21. The second kappa shape index (κ2) is 8.14. The number of aromatic nitrogens is 2. The van der Waals surface area contributed by atoms with Crippen molar-refractivity contribution in [1.82, 2.24) is 19.8 Å². The zero-order chi connectivity index (χ0) is 18.5. The molecule has 7 nitrogen and oxygen atoms in total. The van der Waals surface area contributed by atoms with E-state index in [-0.39, 0.29) is 5.91 Å². The maximum Gasteiger partial charge on any atom is 0.272 e. The molecule has 1 aliphatic rings. The molecule has 0 saturated carbocycles. The number of hydrogen-bond acceptors (Lipinski definition) is 6. The Morgan fingerprint density at radius 3 is 2.65 bits per heavy atom. The van der Waals surface area contributed by atoms with Gasteiger partial charge in [-0.1, -0.05) is 18.2 Å². The number of anilines is 1. The van der Waals surface area contributed by atoms with Crippen molar-refractivity contribution < 1.29 is 9.53 Å². The summed E-state index contributed by atoms with van der Waals surface area (Å²) >= 11 is 0. The number of nitrogens with one attached hydrogen (secondary N) is 1. The summed E-state index contributed by atoms with van der Waals surface area (Å²) in [5.74, 6) is 1.22. The SMILES string of the molecule is COc1ccccc1CNc1nc(C)cc(C(=O)N2CCN(C)CC2)n1. The van der Waals surface area contributed by atoms with Crippen LogP contribution in [0.25, 0.3) is 0 Å². The fraction of sp³-hybridized carbons (Fsp3) is 0.421. The third-order valence-corrected chi connectivity index (χ3v) is 4.49. The summed E-state index contributed by atoms with van der Waals surface area (Å²) in [5, 5.41) is 3.20. The molecule has 1 aromatic heterocycles. The minimum Gasteiger partial charge on any atom is -0.496 e. The zero-order valence-electron chi connectivity index (χ0n) is 15.5. The highest BCUT2D eigenvalue weighted by Gasteiger charge is 2.22. The predicted molar refractivity (Wildman–Crippen MR) is 100 cm³/mol. The molecule has 1 saturated heterocycles. The van der Waals surface area contributed by atoms with Gasteiger partial charge in [0.15, 0.2) is 0 Å². The Hall–Kier alpha value is -2.67. The Morgan fingerprint density at radius 1 is 1.19 bits per heavy atom. The third kappa shape index (κ3) is 4.29. The van der Waals surface area contributed by atoms with Gasteiger partial charge < -0.3 is 19.9 Å². The van der Waals surface area contributed by atoms with Gasteiger partial charge in [0.1, 0.15) is 11.4 Å². The molecule has 1 aliphatic heterocycles. The van der Waals surface area contributed by atoms with Crippen LogP contribution in [0.5, 0.6) is 5.75 Å². The van der Waals surface area contributed by atoms with Crippen LogP contribution in [-0.2, 0) is 6.54 Å². The van der Waals surface area contributed by atoms with E-state index >= 15 is 0 Å². The summed E-state index contributed by atoms with van der Waals surface area (Å²) in [7, 11) is 3.71. The Bertz CT molecular complexity index is 772. The van der Waals surface area contributed by atoms with E-state index in [9.17, 15) is 4.79 Å². The van der Waals surface area contributed by atoms with Gasteiger partial charge in [-0.25, -0.2) is 9.97 Å². The van der Waals surface area contributed by atoms with Crippen LogP contribution in [0.15, 0.2) is 30.3 Å². The molecule has 1 amide bonds. The number of para-hydroxylation sites is 1. The van der Waals surface area contributed by atoms with E-state index in [0.29, 0.717) is 18.2 Å². The standard InChI is InChI=1S/C19H25N5O2/c1-14-12-16(18(25)24-10-8-23(2)9-11-24)22-19(21-14)20-13-15-6-4-5-7-17(15)26-3/h4-7,12H,8-11,13H2,1-3H3,(H,20,21,22). The molecular formula is C19H25N5O2. The minimum atomic E-state index is -0.0380. The fourth-order valence-corrected chi connectivity index (χ4v) is 2.95. The molecule has 2 heterocycles. The Morgan fingerprint density at radius 2 is 1.92 bits per heavy atom. The molecule has 0 unspecified atom stereocenters. The zero-order valence-corrected chi connectivity index (χ0v) is 15.5. The number of carbonyl (C=O) groups excluding carboxylic acids is 1. The Balaban J connectivity index is 1.72. The van der Waals surface area contributed by atoms with E-state index in [4.69, 9.17) is 4.74 Å². The molecule has 1 fully saturated rings. The fourth-order valence-electron chi connectivity index (χ4n) is 2.95. The first kappa shape index (κ1) is 18.1. The summed E-state index contributed by atoms with van der Waals surface area (Å²) in [4.78, 5) is 25.7. The van der Waals surface area contributed by atoms with Crippen LogP contribution in [0.2, 0.25) is 0 Å². The van der Waals surface area contributed by atoms with Gasteiger partial charge in [0, 0.05) is 44.0 Å². The summed E-state index contributed by atoms with van der Waals surface area (Å²) in [6.45, 7) is 5.61. The number of amides is 1. The Labute approximate surface area is 154 Å². The number of benzene rings is 1. The summed E-state index contributed by atoms with van der Waals surface area (Å²) in [6, 6.07) is 9.53. The molecule has 138 valence electrons. The average Bonchev–Trinajstić information content (AvgIpc) is 2.66. The van der Waals surface area contributed by atoms with Gasteiger partial charge in [-0.2, -0.15) is 0 Å². The lowest BCUT2D eigenvalue weighted by Crippen LogP contribution is -2.47. The first-order valence-electron chi connectivity index (χ1n) is 8.76. The van der Waals surface area contributed by atoms with Crippen LogP contribution >= 0.6 is 0 Å². The second-order valence-electron chi connectivity index (χ2n) is 6.48. The number of rotatable bonds is 5. The molecule has 0 bridgehead atoms. The molecule has 7 heteroatoms. The van der Waals surface area contributed by atoms with E-state index < -0.39 is 0 Å². The van der Waals surface area contributed by atoms with Crippen molar-refractivity contribution in [2.24, 2.45) is 0 Å². The van der Waals surface area contributed by atoms with Crippen molar-refractivity contribution in [1.29, 1.82) is 0 Å². The Kier molecular flexibility index (Phi) is 5.68. The number of aryl methyl sites for hydroxylation is 1. The lowest BCUT2D eigenvalue weighted by molar-refractivity contribution is 0.0658. The molecule has 0 radical (unpaired) electrons. The molecule has 1 N–H and O–H groups in total. The molecule has 3 rings (SSSR count). The lowest BCUT2D eigenvalue weighted by Gasteiger charge is -2.32. The predicted octanol–water partition coefficient (Wildman–Crippen LogP) is 1.79. The number of ether oxygens (including phenoxy) is 1. The molecular weight excluding hydrogens is 330 g/mol. The average molecular weight is 355 g/mol. The normalized spacial score (nSPS) is 15.0. The molecule has 0 spiro atoms. The van der Waals surface area contributed by atoms with Crippen LogP contribution < -0.4 is 10.1 Å². The highest BCUT2D eigenvalue weighted by Crippen LogP contribution is 2.18. The van der Waals surface area contributed by atoms with Crippen molar-refractivity contribution >= 4 is 11.9 Å². The quantitative estimate of drug-likeness (QED) is 0.882. The first-order chi connectivity index (χ1) is 12.6. The van der Waals surface area contributed by atoms with Crippen LogP contribution in [0, 0.1) is 6.92 Å². The summed E-state index contributed by atoms with van der Waals surface area (Å²) in [6.07, 6.45) is 0. The second-order valence-corrected chi connectivity index (χ2v) is 6.48. The molecule has 26 heavy (non-hydrogen) atoms. The number of carbonyl (C=O) groups is 1. The maximum atomic E-state index is 12.8. The maximum absolute atomic E-state index is 12.8. The van der Waals surface area contributed by atoms with E-state index in [0.717, 1.165) is 43.2 Å². The van der Waals surface area contributed by atoms with Gasteiger partial charge in [0.25, 0.3) is 5.91 Å². The van der Waals surface area contributed by atoms with Gasteiger partial charge >= 0.3 is 0 Å². The highest BCUT2D eigenvalue weighted by atomic mass is 16.5. The topological polar surface area (TPSA) is 70.6 Å².